The summed E-state index contributed by atoms with van der Waals surface area (Å²) in [7, 11) is -3.14. The lowest BCUT2D eigenvalue weighted by Crippen LogP contribution is -1.95. The Hall–Kier alpha value is -0.980. The first-order valence-electron chi connectivity index (χ1n) is 5.39. The second-order valence-electron chi connectivity index (χ2n) is 4.04. The van der Waals surface area contributed by atoms with Crippen molar-refractivity contribution >= 4 is 43.2 Å². The van der Waals surface area contributed by atoms with E-state index in [0.717, 1.165) is 14.3 Å². The van der Waals surface area contributed by atoms with E-state index in [0.29, 0.717) is 10.6 Å². The monoisotopic (exact) mass is 357 g/mol. The number of nitrogens with two attached hydrogens (primary N) is 1. The molecule has 0 saturated carbocycles. The van der Waals surface area contributed by atoms with Crippen LogP contribution < -0.4 is 5.73 Å². The highest BCUT2D eigenvalue weighted by Gasteiger charge is 2.07. The van der Waals surface area contributed by atoms with Crippen LogP contribution in [0.4, 0.5) is 5.69 Å². The Kier molecular flexibility index (Phi) is 4.23. The molecule has 0 bridgehead atoms. The third-order valence-corrected chi connectivity index (χ3v) is 5.57. The lowest BCUT2D eigenvalue weighted by molar-refractivity contribution is 0.602. The van der Waals surface area contributed by atoms with Gasteiger partial charge in [-0.15, -0.1) is 0 Å². The SMILES string of the molecule is CS(=O)(=O)c1ccc(Sc2ccc(N)cc2Br)cc1. The van der Waals surface area contributed by atoms with E-state index in [1.807, 2.05) is 18.2 Å². The predicted octanol–water partition coefficient (Wildman–Crippen LogP) is 3.59. The Morgan fingerprint density at radius 1 is 1.11 bits per heavy atom. The van der Waals surface area contributed by atoms with Gasteiger partial charge in [-0.05, 0) is 58.4 Å². The minimum Gasteiger partial charge on any atom is -0.399 e. The van der Waals surface area contributed by atoms with E-state index < -0.39 is 9.84 Å². The molecule has 2 aromatic carbocycles. The highest BCUT2D eigenvalue weighted by Crippen LogP contribution is 2.34. The number of nitrogen functional groups attached to an aromatic ring is 1. The second-order valence-corrected chi connectivity index (χ2v) is 8.02. The van der Waals surface area contributed by atoms with Crippen LogP contribution in [0.2, 0.25) is 0 Å². The zero-order valence-corrected chi connectivity index (χ0v) is 13.3. The van der Waals surface area contributed by atoms with E-state index >= 15 is 0 Å². The first-order chi connectivity index (χ1) is 8.86. The van der Waals surface area contributed by atoms with Crippen LogP contribution in [-0.2, 0) is 9.84 Å². The van der Waals surface area contributed by atoms with Crippen molar-refractivity contribution in [3.05, 3.63) is 46.9 Å². The van der Waals surface area contributed by atoms with Crippen molar-refractivity contribution in [1.82, 2.24) is 0 Å². The molecule has 19 heavy (non-hydrogen) atoms. The maximum Gasteiger partial charge on any atom is 0.175 e. The molecule has 2 N–H and O–H groups in total. The van der Waals surface area contributed by atoms with Crippen LogP contribution in [0.1, 0.15) is 0 Å². The van der Waals surface area contributed by atoms with Crippen molar-refractivity contribution in [3.63, 3.8) is 0 Å². The Labute approximate surface area is 125 Å². The number of hydrogen-bond donors (Lipinski definition) is 1. The van der Waals surface area contributed by atoms with E-state index in [1.54, 1.807) is 36.0 Å². The predicted molar refractivity (Wildman–Crippen MR) is 82.2 cm³/mol. The summed E-state index contributed by atoms with van der Waals surface area (Å²) in [4.78, 5) is 2.33. The van der Waals surface area contributed by atoms with Gasteiger partial charge in [-0.2, -0.15) is 0 Å². The summed E-state index contributed by atoms with van der Waals surface area (Å²) in [6.45, 7) is 0. The maximum atomic E-state index is 11.4. The molecule has 0 amide bonds. The zero-order chi connectivity index (χ0) is 14.0. The molecule has 0 aliphatic rings. The van der Waals surface area contributed by atoms with E-state index in [9.17, 15) is 8.42 Å². The largest absolute Gasteiger partial charge is 0.399 e. The molecule has 0 aromatic heterocycles. The van der Waals surface area contributed by atoms with E-state index in [1.165, 1.54) is 6.26 Å². The molecular formula is C13H12BrNO2S2. The molecule has 0 atom stereocenters. The molecule has 2 rings (SSSR count). The fraction of sp³-hybridized carbons (Fsp3) is 0.0769. The highest BCUT2D eigenvalue weighted by molar-refractivity contribution is 9.10. The van der Waals surface area contributed by atoms with Crippen molar-refractivity contribution in [2.24, 2.45) is 0 Å². The van der Waals surface area contributed by atoms with Crippen LogP contribution in [0.3, 0.4) is 0 Å². The fourth-order valence-corrected chi connectivity index (χ4v) is 3.57. The number of rotatable bonds is 3. The number of hydrogen-bond acceptors (Lipinski definition) is 4. The van der Waals surface area contributed by atoms with E-state index in [4.69, 9.17) is 5.73 Å². The third-order valence-electron chi connectivity index (χ3n) is 2.44. The molecule has 0 fully saturated rings. The van der Waals surface area contributed by atoms with Gasteiger partial charge in [0, 0.05) is 26.2 Å². The van der Waals surface area contributed by atoms with Gasteiger partial charge in [0.15, 0.2) is 9.84 Å². The van der Waals surface area contributed by atoms with Gasteiger partial charge in [0.1, 0.15) is 0 Å². The maximum absolute atomic E-state index is 11.4. The molecule has 0 unspecified atom stereocenters. The van der Waals surface area contributed by atoms with Crippen molar-refractivity contribution in [2.75, 3.05) is 12.0 Å². The smallest absolute Gasteiger partial charge is 0.175 e. The van der Waals surface area contributed by atoms with Gasteiger partial charge in [-0.1, -0.05) is 11.8 Å². The number of sulfone groups is 1. The average Bonchev–Trinajstić information content (AvgIpc) is 2.32. The lowest BCUT2D eigenvalue weighted by atomic mass is 10.3. The molecule has 0 radical (unpaired) electrons. The Bertz CT molecular complexity index is 697. The van der Waals surface area contributed by atoms with Crippen LogP contribution in [0, 0.1) is 0 Å². The van der Waals surface area contributed by atoms with Crippen LogP contribution in [0.25, 0.3) is 0 Å². The van der Waals surface area contributed by atoms with Crippen molar-refractivity contribution in [2.45, 2.75) is 14.7 Å². The molecule has 6 heteroatoms. The quantitative estimate of drug-likeness (QED) is 0.852. The summed E-state index contributed by atoms with van der Waals surface area (Å²) < 4.78 is 23.7. The third kappa shape index (κ3) is 3.75. The van der Waals surface area contributed by atoms with E-state index in [2.05, 4.69) is 15.9 Å². The molecule has 0 aliphatic carbocycles. The number of halogens is 1. The molecule has 3 nitrogen and oxygen atoms in total. The Morgan fingerprint density at radius 3 is 2.26 bits per heavy atom. The second kappa shape index (κ2) is 5.56. The van der Waals surface area contributed by atoms with Crippen LogP contribution in [-0.4, -0.2) is 14.7 Å². The van der Waals surface area contributed by atoms with Gasteiger partial charge in [0.25, 0.3) is 0 Å². The van der Waals surface area contributed by atoms with Gasteiger partial charge >= 0.3 is 0 Å². The standard InChI is InChI=1S/C13H12BrNO2S2/c1-19(16,17)11-5-3-10(4-6-11)18-13-7-2-9(15)8-12(13)14/h2-8H,15H2,1H3. The van der Waals surface area contributed by atoms with Crippen LogP contribution in [0.5, 0.6) is 0 Å². The van der Waals surface area contributed by atoms with Gasteiger partial charge in [-0.25, -0.2) is 8.42 Å². The minimum absolute atomic E-state index is 0.327. The average molecular weight is 358 g/mol. The zero-order valence-electron chi connectivity index (χ0n) is 10.1. The van der Waals surface area contributed by atoms with Crippen LogP contribution >= 0.6 is 27.7 Å². The highest BCUT2D eigenvalue weighted by atomic mass is 79.9. The van der Waals surface area contributed by atoms with E-state index in [-0.39, 0.29) is 0 Å². The van der Waals surface area contributed by atoms with Crippen molar-refractivity contribution in [3.8, 4) is 0 Å². The summed E-state index contributed by atoms with van der Waals surface area (Å²) >= 11 is 5.00. The summed E-state index contributed by atoms with van der Waals surface area (Å²) in [5.41, 5.74) is 6.38. The molecule has 100 valence electrons. The number of anilines is 1. The lowest BCUT2D eigenvalue weighted by Gasteiger charge is -2.06. The van der Waals surface area contributed by atoms with Crippen molar-refractivity contribution < 1.29 is 8.42 Å². The van der Waals surface area contributed by atoms with Gasteiger partial charge in [0.05, 0.1) is 4.90 Å². The molecule has 0 spiro atoms. The summed E-state index contributed by atoms with van der Waals surface area (Å²) in [6, 6.07) is 12.4. The minimum atomic E-state index is -3.14. The Balaban J connectivity index is 2.25. The Morgan fingerprint density at radius 2 is 1.74 bits per heavy atom. The molecule has 0 heterocycles. The van der Waals surface area contributed by atoms with Gasteiger partial charge in [-0.3, -0.25) is 0 Å². The summed E-state index contributed by atoms with van der Waals surface area (Å²) in [6.07, 6.45) is 1.20. The molecular weight excluding hydrogens is 346 g/mol. The fourth-order valence-electron chi connectivity index (χ4n) is 1.48. The molecule has 2 aromatic rings. The normalized spacial score (nSPS) is 11.5. The summed E-state index contributed by atoms with van der Waals surface area (Å²) in [5, 5.41) is 0. The van der Waals surface area contributed by atoms with Gasteiger partial charge in [0.2, 0.25) is 0 Å². The van der Waals surface area contributed by atoms with Crippen molar-refractivity contribution in [1.29, 1.82) is 0 Å². The first-order valence-corrected chi connectivity index (χ1v) is 8.89. The topological polar surface area (TPSA) is 60.2 Å². The number of benzene rings is 2. The summed E-state index contributed by atoms with van der Waals surface area (Å²) in [5.74, 6) is 0. The van der Waals surface area contributed by atoms with Crippen LogP contribution in [0.15, 0.2) is 61.6 Å². The van der Waals surface area contributed by atoms with Gasteiger partial charge < -0.3 is 5.73 Å². The molecule has 0 saturated heterocycles. The first kappa shape index (κ1) is 14.4. The molecule has 0 aliphatic heterocycles.